The predicted molar refractivity (Wildman–Crippen MR) is 32.0 cm³/mol. The molecule has 0 spiro atoms. The quantitative estimate of drug-likeness (QED) is 0.462. The molecule has 2 heteroatoms. The zero-order valence-corrected chi connectivity index (χ0v) is 4.85. The second-order valence-corrected chi connectivity index (χ2v) is 2.59. The van der Waals surface area contributed by atoms with Crippen LogP contribution in [0.3, 0.4) is 0 Å². The highest BCUT2D eigenvalue weighted by Crippen LogP contribution is 2.23. The van der Waals surface area contributed by atoms with E-state index < -0.39 is 0 Å². The van der Waals surface area contributed by atoms with E-state index in [1.54, 1.807) is 0 Å². The Morgan fingerprint density at radius 2 is 2.50 bits per heavy atom. The molecule has 0 aliphatic carbocycles. The molecule has 45 valence electrons. The molecule has 1 radical (unpaired) electrons. The standard InChI is InChI=1S/C6H11N2/c1-3-7-6-5(1)2-4-8-6/h3,5-8H,1-2,4H2. The largest absolute Gasteiger partial charge is 0.302 e. The summed E-state index contributed by atoms with van der Waals surface area (Å²) in [6.07, 6.45) is 3.24. The third-order valence-corrected chi connectivity index (χ3v) is 2.07. The Labute approximate surface area is 49.7 Å². The van der Waals surface area contributed by atoms with Crippen molar-refractivity contribution in [3.63, 3.8) is 0 Å². The molecule has 2 aliphatic heterocycles. The van der Waals surface area contributed by atoms with Crippen LogP contribution in [0.5, 0.6) is 0 Å². The maximum absolute atomic E-state index is 3.38. The van der Waals surface area contributed by atoms with Gasteiger partial charge < -0.3 is 5.32 Å². The molecule has 8 heavy (non-hydrogen) atoms. The Balaban J connectivity index is 2.04. The molecule has 0 amide bonds. The molecule has 0 bridgehead atoms. The number of rotatable bonds is 0. The summed E-state index contributed by atoms with van der Waals surface area (Å²) in [5, 5.41) is 6.66. The summed E-state index contributed by atoms with van der Waals surface area (Å²) in [4.78, 5) is 0. The third kappa shape index (κ3) is 0.565. The van der Waals surface area contributed by atoms with Crippen molar-refractivity contribution in [2.75, 3.05) is 6.54 Å². The fourth-order valence-electron chi connectivity index (χ4n) is 1.55. The van der Waals surface area contributed by atoms with Gasteiger partial charge in [-0.1, -0.05) is 0 Å². The maximum atomic E-state index is 3.38. The van der Waals surface area contributed by atoms with Gasteiger partial charge in [-0.05, 0) is 25.3 Å². The summed E-state index contributed by atoms with van der Waals surface area (Å²) in [7, 11) is 0. The van der Waals surface area contributed by atoms with Crippen LogP contribution in [0.2, 0.25) is 0 Å². The number of hydrogen-bond donors (Lipinski definition) is 2. The zero-order valence-electron chi connectivity index (χ0n) is 4.85. The van der Waals surface area contributed by atoms with Crippen LogP contribution in [0.4, 0.5) is 0 Å². The van der Waals surface area contributed by atoms with Crippen molar-refractivity contribution in [1.82, 2.24) is 10.6 Å². The first-order chi connectivity index (χ1) is 3.97. The first-order valence-corrected chi connectivity index (χ1v) is 3.28. The molecule has 2 heterocycles. The van der Waals surface area contributed by atoms with E-state index in [9.17, 15) is 0 Å². The predicted octanol–water partition coefficient (Wildman–Crippen LogP) is 0.0771. The summed E-state index contributed by atoms with van der Waals surface area (Å²) in [6.45, 7) is 3.37. The number of hydrogen-bond acceptors (Lipinski definition) is 2. The van der Waals surface area contributed by atoms with E-state index in [4.69, 9.17) is 0 Å². The van der Waals surface area contributed by atoms with Crippen molar-refractivity contribution in [3.8, 4) is 0 Å². The Kier molecular flexibility index (Phi) is 1.02. The van der Waals surface area contributed by atoms with Gasteiger partial charge in [0.15, 0.2) is 0 Å². The second kappa shape index (κ2) is 1.71. The van der Waals surface area contributed by atoms with E-state index in [2.05, 4.69) is 17.2 Å². The summed E-state index contributed by atoms with van der Waals surface area (Å²) in [5.41, 5.74) is 0. The molecule has 2 fully saturated rings. The SMILES string of the molecule is [CH]1CC2CCNC2N1. The molecule has 0 saturated carbocycles. The van der Waals surface area contributed by atoms with Crippen molar-refractivity contribution >= 4 is 0 Å². The van der Waals surface area contributed by atoms with Crippen molar-refractivity contribution < 1.29 is 0 Å². The monoisotopic (exact) mass is 111 g/mol. The maximum Gasteiger partial charge on any atom is 0.0604 e. The Bertz CT molecular complexity index is 72.5. The number of fused-ring (bicyclic) bond motifs is 1. The zero-order chi connectivity index (χ0) is 5.40. The minimum Gasteiger partial charge on any atom is -0.302 e. The van der Waals surface area contributed by atoms with Gasteiger partial charge in [0.2, 0.25) is 0 Å². The van der Waals surface area contributed by atoms with Gasteiger partial charge in [-0.2, -0.15) is 0 Å². The highest BCUT2D eigenvalue weighted by Gasteiger charge is 2.30. The van der Waals surface area contributed by atoms with Gasteiger partial charge in [-0.3, -0.25) is 5.32 Å². The van der Waals surface area contributed by atoms with Crippen LogP contribution < -0.4 is 10.6 Å². The molecule has 0 aromatic carbocycles. The lowest BCUT2D eigenvalue weighted by Gasteiger charge is -2.06. The van der Waals surface area contributed by atoms with Gasteiger partial charge >= 0.3 is 0 Å². The minimum absolute atomic E-state index is 0.620. The molecule has 0 aromatic rings. The fourth-order valence-corrected chi connectivity index (χ4v) is 1.55. The molecule has 0 aromatic heterocycles. The van der Waals surface area contributed by atoms with Crippen LogP contribution in [0, 0.1) is 12.5 Å². The van der Waals surface area contributed by atoms with E-state index in [0.29, 0.717) is 6.17 Å². The topological polar surface area (TPSA) is 24.1 Å². The average Bonchev–Trinajstić information content (AvgIpc) is 2.15. The van der Waals surface area contributed by atoms with Crippen molar-refractivity contribution in [2.24, 2.45) is 5.92 Å². The van der Waals surface area contributed by atoms with Crippen LogP contribution in [-0.2, 0) is 0 Å². The molecular weight excluding hydrogens is 100 g/mol. The van der Waals surface area contributed by atoms with Gasteiger partial charge in [0.25, 0.3) is 0 Å². The summed E-state index contributed by atoms with van der Waals surface area (Å²) in [6, 6.07) is 0. The van der Waals surface area contributed by atoms with Gasteiger partial charge in [0.05, 0.1) is 6.17 Å². The lowest BCUT2D eigenvalue weighted by Crippen LogP contribution is -2.33. The molecule has 2 unspecified atom stereocenters. The van der Waals surface area contributed by atoms with Crippen molar-refractivity contribution in [3.05, 3.63) is 6.54 Å². The molecule has 2 saturated heterocycles. The third-order valence-electron chi connectivity index (χ3n) is 2.07. The van der Waals surface area contributed by atoms with E-state index in [0.717, 1.165) is 5.92 Å². The molecule has 2 N–H and O–H groups in total. The Morgan fingerprint density at radius 3 is 3.38 bits per heavy atom. The lowest BCUT2D eigenvalue weighted by atomic mass is 10.1. The van der Waals surface area contributed by atoms with E-state index in [-0.39, 0.29) is 0 Å². The Morgan fingerprint density at radius 1 is 1.50 bits per heavy atom. The van der Waals surface area contributed by atoms with Crippen LogP contribution in [0.15, 0.2) is 0 Å². The van der Waals surface area contributed by atoms with Crippen molar-refractivity contribution in [1.29, 1.82) is 0 Å². The second-order valence-electron chi connectivity index (χ2n) is 2.59. The highest BCUT2D eigenvalue weighted by atomic mass is 15.2. The van der Waals surface area contributed by atoms with E-state index >= 15 is 0 Å². The van der Waals surface area contributed by atoms with Crippen molar-refractivity contribution in [2.45, 2.75) is 19.0 Å². The van der Waals surface area contributed by atoms with Crippen LogP contribution >= 0.6 is 0 Å². The summed E-state index contributed by atoms with van der Waals surface area (Å²) in [5.74, 6) is 0.898. The Hall–Kier alpha value is -0.0800. The van der Waals surface area contributed by atoms with Gasteiger partial charge in [-0.25, -0.2) is 0 Å². The smallest absolute Gasteiger partial charge is 0.0604 e. The van der Waals surface area contributed by atoms with Crippen LogP contribution in [0.25, 0.3) is 0 Å². The van der Waals surface area contributed by atoms with Gasteiger partial charge in [-0.15, -0.1) is 0 Å². The normalized spacial score (nSPS) is 45.0. The van der Waals surface area contributed by atoms with E-state index in [1.807, 2.05) is 0 Å². The summed E-state index contributed by atoms with van der Waals surface area (Å²) >= 11 is 0. The van der Waals surface area contributed by atoms with Gasteiger partial charge in [0.1, 0.15) is 0 Å². The van der Waals surface area contributed by atoms with Crippen LogP contribution in [0.1, 0.15) is 12.8 Å². The van der Waals surface area contributed by atoms with Gasteiger partial charge in [0, 0.05) is 6.54 Å². The first-order valence-electron chi connectivity index (χ1n) is 3.28. The highest BCUT2D eigenvalue weighted by molar-refractivity contribution is 4.92. The summed E-state index contributed by atoms with van der Waals surface area (Å²) < 4.78 is 0. The fraction of sp³-hybridized carbons (Fsp3) is 0.833. The molecular formula is C6H11N2. The average molecular weight is 111 g/mol. The molecule has 2 aliphatic rings. The van der Waals surface area contributed by atoms with Crippen LogP contribution in [-0.4, -0.2) is 12.7 Å². The first kappa shape index (κ1) is 4.77. The lowest BCUT2D eigenvalue weighted by molar-refractivity contribution is 0.487. The molecule has 2 nitrogen and oxygen atoms in total. The molecule has 2 atom stereocenters. The minimum atomic E-state index is 0.620. The molecule has 2 rings (SSSR count). The number of nitrogens with one attached hydrogen (secondary N) is 2. The van der Waals surface area contributed by atoms with E-state index in [1.165, 1.54) is 19.4 Å².